The highest BCUT2D eigenvalue weighted by molar-refractivity contribution is 5.77. The van der Waals surface area contributed by atoms with Crippen molar-refractivity contribution in [3.63, 3.8) is 0 Å². The number of aliphatic hydroxyl groups excluding tert-OH is 4. The SMILES string of the molecule is O=C1O[C@@H]([C@H](O)CO)[C@H](O)[C@@H]1O. The van der Waals surface area contributed by atoms with Gasteiger partial charge in [0.1, 0.15) is 12.2 Å². The molecule has 70 valence electrons. The van der Waals surface area contributed by atoms with E-state index in [1.807, 2.05) is 0 Å². The highest BCUT2D eigenvalue weighted by Crippen LogP contribution is 2.18. The van der Waals surface area contributed by atoms with Crippen LogP contribution in [0.15, 0.2) is 0 Å². The van der Waals surface area contributed by atoms with Crippen molar-refractivity contribution >= 4 is 5.97 Å². The summed E-state index contributed by atoms with van der Waals surface area (Å²) in [6.07, 6.45) is -5.70. The third-order valence-corrected chi connectivity index (χ3v) is 1.72. The van der Waals surface area contributed by atoms with E-state index < -0.39 is 37.0 Å². The van der Waals surface area contributed by atoms with Gasteiger partial charge in [0.2, 0.25) is 0 Å². The molecule has 0 aromatic heterocycles. The van der Waals surface area contributed by atoms with E-state index >= 15 is 0 Å². The van der Waals surface area contributed by atoms with Crippen molar-refractivity contribution in [2.75, 3.05) is 6.61 Å². The molecule has 0 unspecified atom stereocenters. The standard InChI is InChI=1S/C6H10O6/c7-1-2(8)5-3(9)4(10)6(11)12-5/h2-5,7-10H,1H2/t2-,3-,4+,5+/m1/s1. The second-order valence-corrected chi connectivity index (χ2v) is 2.59. The normalized spacial score (nSPS) is 38.0. The summed E-state index contributed by atoms with van der Waals surface area (Å²) in [7, 11) is 0. The summed E-state index contributed by atoms with van der Waals surface area (Å²) < 4.78 is 4.39. The highest BCUT2D eigenvalue weighted by atomic mass is 16.6. The van der Waals surface area contributed by atoms with E-state index in [0.29, 0.717) is 0 Å². The molecule has 0 radical (unpaired) electrons. The van der Waals surface area contributed by atoms with Gasteiger partial charge in [-0.3, -0.25) is 0 Å². The van der Waals surface area contributed by atoms with Crippen molar-refractivity contribution in [2.45, 2.75) is 24.4 Å². The molecule has 1 heterocycles. The average molecular weight is 178 g/mol. The maximum atomic E-state index is 10.6. The van der Waals surface area contributed by atoms with Gasteiger partial charge >= 0.3 is 5.97 Å². The molecule has 12 heavy (non-hydrogen) atoms. The van der Waals surface area contributed by atoms with Crippen LogP contribution in [0.5, 0.6) is 0 Å². The van der Waals surface area contributed by atoms with E-state index in [1.165, 1.54) is 0 Å². The van der Waals surface area contributed by atoms with Crippen molar-refractivity contribution in [1.29, 1.82) is 0 Å². The van der Waals surface area contributed by atoms with Gasteiger partial charge in [-0.15, -0.1) is 0 Å². The van der Waals surface area contributed by atoms with Gasteiger partial charge in [0.15, 0.2) is 12.2 Å². The van der Waals surface area contributed by atoms with Crippen LogP contribution >= 0.6 is 0 Å². The first kappa shape index (κ1) is 9.40. The maximum absolute atomic E-state index is 10.6. The Morgan fingerprint density at radius 3 is 2.42 bits per heavy atom. The minimum Gasteiger partial charge on any atom is -0.455 e. The number of cyclic esters (lactones) is 1. The second kappa shape index (κ2) is 3.36. The number of esters is 1. The lowest BCUT2D eigenvalue weighted by Crippen LogP contribution is -2.40. The van der Waals surface area contributed by atoms with Gasteiger partial charge in [-0.05, 0) is 0 Å². The average Bonchev–Trinajstić information content (AvgIpc) is 2.32. The lowest BCUT2D eigenvalue weighted by molar-refractivity contribution is -0.151. The van der Waals surface area contributed by atoms with Gasteiger partial charge in [-0.25, -0.2) is 4.79 Å². The summed E-state index contributed by atoms with van der Waals surface area (Å²) in [6, 6.07) is 0. The molecule has 0 bridgehead atoms. The third-order valence-electron chi connectivity index (χ3n) is 1.72. The first-order valence-electron chi connectivity index (χ1n) is 3.43. The van der Waals surface area contributed by atoms with Crippen LogP contribution in [0.25, 0.3) is 0 Å². The predicted molar refractivity (Wildman–Crippen MR) is 35.0 cm³/mol. The Morgan fingerprint density at radius 1 is 1.50 bits per heavy atom. The zero-order valence-corrected chi connectivity index (χ0v) is 6.12. The molecule has 1 aliphatic rings. The van der Waals surface area contributed by atoms with Gasteiger partial charge in [-0.2, -0.15) is 0 Å². The van der Waals surface area contributed by atoms with E-state index in [2.05, 4.69) is 4.74 Å². The molecule has 1 fully saturated rings. The summed E-state index contributed by atoms with van der Waals surface area (Å²) in [4.78, 5) is 10.6. The molecule has 6 nitrogen and oxygen atoms in total. The first-order chi connectivity index (χ1) is 5.57. The van der Waals surface area contributed by atoms with Crippen LogP contribution in [0.4, 0.5) is 0 Å². The van der Waals surface area contributed by atoms with E-state index in [0.717, 1.165) is 0 Å². The molecule has 0 aromatic carbocycles. The van der Waals surface area contributed by atoms with Gasteiger partial charge in [0, 0.05) is 0 Å². The lowest BCUT2D eigenvalue weighted by atomic mass is 10.1. The Morgan fingerprint density at radius 2 is 2.08 bits per heavy atom. The largest absolute Gasteiger partial charge is 0.455 e. The van der Waals surface area contributed by atoms with Crippen molar-refractivity contribution in [1.82, 2.24) is 0 Å². The molecule has 6 heteroatoms. The lowest BCUT2D eigenvalue weighted by Gasteiger charge is -2.17. The smallest absolute Gasteiger partial charge is 0.338 e. The fraction of sp³-hybridized carbons (Fsp3) is 0.833. The van der Waals surface area contributed by atoms with Gasteiger partial charge in [0.05, 0.1) is 6.61 Å². The van der Waals surface area contributed by atoms with Crippen LogP contribution in [-0.4, -0.2) is 57.4 Å². The number of rotatable bonds is 2. The molecule has 0 amide bonds. The Balaban J connectivity index is 2.64. The van der Waals surface area contributed by atoms with Crippen molar-refractivity contribution in [2.24, 2.45) is 0 Å². The van der Waals surface area contributed by atoms with Crippen LogP contribution in [0, 0.1) is 0 Å². The molecule has 4 N–H and O–H groups in total. The summed E-state index contributed by atoms with van der Waals surface area (Å²) in [5.41, 5.74) is 0. The Kier molecular flexibility index (Phi) is 2.63. The fourth-order valence-electron chi connectivity index (χ4n) is 1.00. The molecule has 1 saturated heterocycles. The van der Waals surface area contributed by atoms with Crippen LogP contribution in [0.3, 0.4) is 0 Å². The van der Waals surface area contributed by atoms with E-state index in [4.69, 9.17) is 20.4 Å². The van der Waals surface area contributed by atoms with Gasteiger partial charge < -0.3 is 25.2 Å². The molecule has 0 aliphatic carbocycles. The van der Waals surface area contributed by atoms with E-state index in [-0.39, 0.29) is 0 Å². The molecular formula is C6H10O6. The predicted octanol–water partition coefficient (Wildman–Crippen LogP) is -3.01. The summed E-state index contributed by atoms with van der Waals surface area (Å²) in [5.74, 6) is -0.986. The monoisotopic (exact) mass is 178 g/mol. The van der Waals surface area contributed by atoms with Crippen LogP contribution in [0.1, 0.15) is 0 Å². The summed E-state index contributed by atoms with van der Waals surface area (Å²) in [5, 5.41) is 35.3. The topological polar surface area (TPSA) is 107 Å². The second-order valence-electron chi connectivity index (χ2n) is 2.59. The summed E-state index contributed by atoms with van der Waals surface area (Å²) >= 11 is 0. The molecule has 1 aliphatic heterocycles. The quantitative estimate of drug-likeness (QED) is 0.335. The maximum Gasteiger partial charge on any atom is 0.338 e. The Labute approximate surface area is 68.0 Å². The van der Waals surface area contributed by atoms with Crippen LogP contribution in [-0.2, 0) is 9.53 Å². The minimum atomic E-state index is -1.63. The number of aliphatic hydroxyl groups is 4. The van der Waals surface area contributed by atoms with Crippen LogP contribution < -0.4 is 0 Å². The number of hydrogen-bond donors (Lipinski definition) is 4. The van der Waals surface area contributed by atoms with Crippen molar-refractivity contribution < 1.29 is 30.0 Å². The zero-order valence-electron chi connectivity index (χ0n) is 6.12. The number of carbonyl (C=O) groups excluding carboxylic acids is 1. The minimum absolute atomic E-state index is 0.637. The third kappa shape index (κ3) is 1.42. The van der Waals surface area contributed by atoms with Crippen molar-refractivity contribution in [3.8, 4) is 0 Å². The number of hydrogen-bond acceptors (Lipinski definition) is 6. The zero-order chi connectivity index (χ0) is 9.30. The number of carbonyl (C=O) groups is 1. The molecular weight excluding hydrogens is 168 g/mol. The van der Waals surface area contributed by atoms with E-state index in [1.54, 1.807) is 0 Å². The molecule has 0 spiro atoms. The van der Waals surface area contributed by atoms with E-state index in [9.17, 15) is 4.79 Å². The number of ether oxygens (including phenoxy) is 1. The first-order valence-corrected chi connectivity index (χ1v) is 3.43. The molecule has 1 rings (SSSR count). The Bertz CT molecular complexity index is 181. The highest BCUT2D eigenvalue weighted by Gasteiger charge is 2.45. The molecule has 0 saturated carbocycles. The fourth-order valence-corrected chi connectivity index (χ4v) is 1.00. The Hall–Kier alpha value is -0.690. The van der Waals surface area contributed by atoms with Crippen molar-refractivity contribution in [3.05, 3.63) is 0 Å². The van der Waals surface area contributed by atoms with Gasteiger partial charge in [0.25, 0.3) is 0 Å². The van der Waals surface area contributed by atoms with Gasteiger partial charge in [-0.1, -0.05) is 0 Å². The summed E-state index contributed by atoms with van der Waals surface area (Å²) in [6.45, 7) is -0.637. The molecule has 0 aromatic rings. The van der Waals surface area contributed by atoms with Crippen LogP contribution in [0.2, 0.25) is 0 Å². The molecule has 4 atom stereocenters.